The molecule has 0 unspecified atom stereocenters. The average molecular weight is 440 g/mol. The molecule has 0 aromatic carbocycles. The van der Waals surface area contributed by atoms with Crippen molar-refractivity contribution in [3.63, 3.8) is 0 Å². The van der Waals surface area contributed by atoms with Gasteiger partial charge in [-0.15, -0.1) is 0 Å². The second-order valence-electron chi connectivity index (χ2n) is 7.55. The Hall–Kier alpha value is -0.116. The van der Waals surface area contributed by atoms with E-state index < -0.39 is 23.8 Å². The molecule has 0 aliphatic rings. The van der Waals surface area contributed by atoms with E-state index in [2.05, 4.69) is 13.5 Å². The Bertz CT molecular complexity index is 381. The summed E-state index contributed by atoms with van der Waals surface area (Å²) < 4.78 is 29.5. The summed E-state index contributed by atoms with van der Waals surface area (Å²) in [7, 11) is 0. The van der Waals surface area contributed by atoms with Crippen LogP contribution in [0.1, 0.15) is 103 Å². The SMILES string of the molecule is C=CC(=O)C(N)(N)CCCCCCCCCCCCCCCC.[OH][Ti]([OH])([OH])[OH]. The first-order valence-corrected chi connectivity index (χ1v) is 13.5. The summed E-state index contributed by atoms with van der Waals surface area (Å²) in [5.74, 6) is -0.257. The van der Waals surface area contributed by atoms with Gasteiger partial charge in [0.1, 0.15) is 5.66 Å². The number of unbranched alkanes of at least 4 members (excludes halogenated alkanes) is 13. The molecule has 0 bridgehead atoms. The number of nitrogens with two attached hydrogens (primary N) is 2. The maximum absolute atomic E-state index is 11.4. The molecule has 0 saturated carbocycles. The fourth-order valence-electron chi connectivity index (χ4n) is 2.93. The van der Waals surface area contributed by atoms with Gasteiger partial charge in [-0.05, 0) is 18.9 Å². The zero-order chi connectivity index (χ0) is 21.9. The molecule has 0 atom stereocenters. The van der Waals surface area contributed by atoms with Crippen LogP contribution in [0.15, 0.2) is 12.7 Å². The van der Waals surface area contributed by atoms with Gasteiger partial charge >= 0.3 is 32.9 Å². The summed E-state index contributed by atoms with van der Waals surface area (Å²) in [6.45, 7) is 5.70. The first kappa shape index (κ1) is 30.1. The standard InChI is InChI=1S/C20H40N2O.4H2O.Ti/c1-3-5-6-7-8-9-10-11-12-13-14-15-16-17-18-20(21,22)19(23)4-2;;;;;/h4H,2-3,5-18,21-22H2,1H3;4*1H2;/q;;;;;+4/p-4. The Kier molecular flexibility index (Phi) is 20.3. The monoisotopic (exact) mass is 440 g/mol. The molecule has 0 fully saturated rings. The van der Waals surface area contributed by atoms with Crippen molar-refractivity contribution < 1.29 is 37.7 Å². The molecular formula is C20H44N2O5Ti. The molecule has 0 saturated heterocycles. The summed E-state index contributed by atoms with van der Waals surface area (Å²) in [6, 6.07) is 0. The van der Waals surface area contributed by atoms with Gasteiger partial charge in [-0.1, -0.05) is 97.0 Å². The van der Waals surface area contributed by atoms with Gasteiger partial charge in [-0.2, -0.15) is 0 Å². The van der Waals surface area contributed by atoms with Crippen LogP contribution in [0.3, 0.4) is 0 Å². The fraction of sp³-hybridized carbons (Fsp3) is 0.850. The molecule has 7 nitrogen and oxygen atoms in total. The van der Waals surface area contributed by atoms with Crippen molar-refractivity contribution in [1.82, 2.24) is 0 Å². The topological polar surface area (TPSA) is 150 Å². The Labute approximate surface area is 176 Å². The number of rotatable bonds is 17. The van der Waals surface area contributed by atoms with Crippen LogP contribution in [-0.2, 0) is 22.9 Å². The van der Waals surface area contributed by atoms with E-state index in [-0.39, 0.29) is 5.78 Å². The van der Waals surface area contributed by atoms with Crippen LogP contribution in [0.2, 0.25) is 0 Å². The van der Waals surface area contributed by atoms with Gasteiger partial charge in [0.15, 0.2) is 5.78 Å². The molecule has 8 N–H and O–H groups in total. The van der Waals surface area contributed by atoms with E-state index >= 15 is 0 Å². The molecule has 0 aliphatic carbocycles. The third kappa shape index (κ3) is 25.9. The first-order valence-electron chi connectivity index (χ1n) is 10.7. The Morgan fingerprint density at radius 2 is 1.07 bits per heavy atom. The van der Waals surface area contributed by atoms with E-state index in [1.54, 1.807) is 0 Å². The Balaban J connectivity index is 0. The summed E-state index contributed by atoms with van der Waals surface area (Å²) in [4.78, 5) is 11.4. The summed E-state index contributed by atoms with van der Waals surface area (Å²) in [5, 5.41) is 0. The molecule has 8 heteroatoms. The molecule has 28 heavy (non-hydrogen) atoms. The predicted octanol–water partition coefficient (Wildman–Crippen LogP) is 3.00. The van der Waals surface area contributed by atoms with Crippen molar-refractivity contribution in [2.75, 3.05) is 0 Å². The number of hydrogen-bond acceptors (Lipinski definition) is 7. The van der Waals surface area contributed by atoms with Gasteiger partial charge < -0.3 is 11.5 Å². The maximum atomic E-state index is 11.4. The average Bonchev–Trinajstić information content (AvgIpc) is 2.59. The van der Waals surface area contributed by atoms with Crippen LogP contribution < -0.4 is 11.5 Å². The Morgan fingerprint density at radius 1 is 0.786 bits per heavy atom. The van der Waals surface area contributed by atoms with E-state index in [0.29, 0.717) is 6.42 Å². The molecule has 168 valence electrons. The number of hydrogen-bond donors (Lipinski definition) is 6. The number of ketones is 1. The van der Waals surface area contributed by atoms with Gasteiger partial charge in [0.25, 0.3) is 0 Å². The molecule has 0 aromatic heterocycles. The summed E-state index contributed by atoms with van der Waals surface area (Å²) >= 11 is -5.00. The number of carbonyl (C=O) groups excluding carboxylic acids is 1. The van der Waals surface area contributed by atoms with Crippen molar-refractivity contribution in [3.05, 3.63) is 12.7 Å². The molecule has 0 rings (SSSR count). The molecule has 0 heterocycles. The predicted molar refractivity (Wildman–Crippen MR) is 110 cm³/mol. The zero-order valence-corrected chi connectivity index (χ0v) is 19.3. The summed E-state index contributed by atoms with van der Waals surface area (Å²) in [6.07, 6.45) is 20.2. The molecule has 0 amide bonds. The van der Waals surface area contributed by atoms with E-state index in [0.717, 1.165) is 12.8 Å². The van der Waals surface area contributed by atoms with Crippen molar-refractivity contribution in [3.8, 4) is 0 Å². The molecule has 0 aromatic rings. The third-order valence-electron chi connectivity index (χ3n) is 4.59. The third-order valence-corrected chi connectivity index (χ3v) is 4.59. The summed E-state index contributed by atoms with van der Waals surface area (Å²) in [5.41, 5.74) is 10.3. The van der Waals surface area contributed by atoms with Gasteiger partial charge in [0.2, 0.25) is 0 Å². The van der Waals surface area contributed by atoms with Crippen LogP contribution in [0.25, 0.3) is 0 Å². The second-order valence-corrected chi connectivity index (χ2v) is 9.43. The van der Waals surface area contributed by atoms with Crippen LogP contribution in [0.4, 0.5) is 0 Å². The van der Waals surface area contributed by atoms with Crippen molar-refractivity contribution in [2.45, 2.75) is 109 Å². The molecule has 0 aliphatic heterocycles. The van der Waals surface area contributed by atoms with Crippen molar-refractivity contribution in [2.24, 2.45) is 11.5 Å². The van der Waals surface area contributed by atoms with E-state index in [1.165, 1.54) is 83.1 Å². The van der Waals surface area contributed by atoms with Crippen molar-refractivity contribution >= 4 is 5.78 Å². The van der Waals surface area contributed by atoms with Gasteiger partial charge in [-0.3, -0.25) is 4.79 Å². The molecule has 0 spiro atoms. The van der Waals surface area contributed by atoms with Gasteiger partial charge in [0.05, 0.1) is 0 Å². The number of carbonyl (C=O) groups is 1. The minimum atomic E-state index is -5.00. The Morgan fingerprint density at radius 3 is 1.36 bits per heavy atom. The van der Waals surface area contributed by atoms with Crippen LogP contribution in [0.5, 0.6) is 0 Å². The zero-order valence-electron chi connectivity index (χ0n) is 17.7. The first-order chi connectivity index (χ1) is 13.0. The van der Waals surface area contributed by atoms with Crippen LogP contribution in [0, 0.1) is 0 Å². The van der Waals surface area contributed by atoms with Gasteiger partial charge in [-0.25, -0.2) is 0 Å². The van der Waals surface area contributed by atoms with Crippen LogP contribution in [-0.4, -0.2) is 26.2 Å². The van der Waals surface area contributed by atoms with E-state index in [4.69, 9.17) is 26.2 Å². The van der Waals surface area contributed by atoms with E-state index in [9.17, 15) is 4.79 Å². The normalized spacial score (nSPS) is 11.7. The second kappa shape index (κ2) is 18.9. The molecule has 0 radical (unpaired) electrons. The van der Waals surface area contributed by atoms with Crippen molar-refractivity contribution in [1.29, 1.82) is 0 Å². The van der Waals surface area contributed by atoms with Gasteiger partial charge in [0, 0.05) is 0 Å². The molecular weight excluding hydrogens is 396 g/mol. The fourth-order valence-corrected chi connectivity index (χ4v) is 2.93. The minimum absolute atomic E-state index is 0.257. The van der Waals surface area contributed by atoms with Crippen LogP contribution >= 0.6 is 0 Å². The van der Waals surface area contributed by atoms with E-state index in [1.807, 2.05) is 0 Å². The quantitative estimate of drug-likeness (QED) is 0.0881.